The van der Waals surface area contributed by atoms with E-state index < -0.39 is 0 Å². The van der Waals surface area contributed by atoms with Gasteiger partial charge in [0.1, 0.15) is 0 Å². The Balaban J connectivity index is 1.65. The van der Waals surface area contributed by atoms with E-state index in [1.807, 2.05) is 47.8 Å². The molecule has 0 atom stereocenters. The minimum absolute atomic E-state index is 0.0909. The van der Waals surface area contributed by atoms with Gasteiger partial charge in [0, 0.05) is 16.1 Å². The molecule has 0 spiro atoms. The predicted octanol–water partition coefficient (Wildman–Crippen LogP) is 4.83. The van der Waals surface area contributed by atoms with Crippen LogP contribution >= 0.6 is 11.3 Å². The molecule has 1 N–H and O–H groups in total. The Labute approximate surface area is 150 Å². The second-order valence-electron chi connectivity index (χ2n) is 5.49. The molecule has 3 aromatic rings. The number of carbonyl (C=O) groups excluding carboxylic acids is 2. The van der Waals surface area contributed by atoms with Gasteiger partial charge in [-0.15, -0.1) is 11.3 Å². The summed E-state index contributed by atoms with van der Waals surface area (Å²) in [5.41, 5.74) is 2.14. The normalized spacial score (nSPS) is 10.7. The fourth-order valence-corrected chi connectivity index (χ4v) is 3.06. The Morgan fingerprint density at radius 2 is 1.80 bits per heavy atom. The molecule has 2 aromatic carbocycles. The van der Waals surface area contributed by atoms with Crippen molar-refractivity contribution in [1.29, 1.82) is 0 Å². The lowest BCUT2D eigenvalue weighted by atomic mass is 10.1. The molecule has 0 aliphatic rings. The molecule has 0 fully saturated rings. The Kier molecular flexibility index (Phi) is 5.54. The van der Waals surface area contributed by atoms with Crippen LogP contribution in [0.2, 0.25) is 0 Å². The average molecular weight is 347 g/mol. The van der Waals surface area contributed by atoms with Crippen molar-refractivity contribution in [3.63, 3.8) is 0 Å². The SMILES string of the molecule is O=C(Cc1cccs1)Nc1cccc(C(=O)C=Cc2ccccc2)c1. The molecule has 4 heteroatoms. The standard InChI is InChI=1S/C21H17NO2S/c23-20(12-11-16-6-2-1-3-7-16)17-8-4-9-18(14-17)22-21(24)15-19-10-5-13-25-19/h1-14H,15H2,(H,22,24). The number of nitrogens with one attached hydrogen (secondary N) is 1. The molecule has 0 saturated carbocycles. The molecule has 25 heavy (non-hydrogen) atoms. The number of hydrogen-bond donors (Lipinski definition) is 1. The van der Waals surface area contributed by atoms with E-state index in [0.29, 0.717) is 17.7 Å². The Morgan fingerprint density at radius 1 is 0.960 bits per heavy atom. The molecule has 1 aromatic heterocycles. The number of hydrogen-bond acceptors (Lipinski definition) is 3. The monoisotopic (exact) mass is 347 g/mol. The minimum Gasteiger partial charge on any atom is -0.326 e. The van der Waals surface area contributed by atoms with Crippen LogP contribution in [0.5, 0.6) is 0 Å². The fourth-order valence-electron chi connectivity index (χ4n) is 2.36. The Morgan fingerprint density at radius 3 is 2.56 bits per heavy atom. The molecule has 0 aliphatic carbocycles. The van der Waals surface area contributed by atoms with E-state index >= 15 is 0 Å². The summed E-state index contributed by atoms with van der Waals surface area (Å²) < 4.78 is 0. The van der Waals surface area contributed by atoms with E-state index in [2.05, 4.69) is 5.32 Å². The number of carbonyl (C=O) groups is 2. The van der Waals surface area contributed by atoms with E-state index in [-0.39, 0.29) is 11.7 Å². The lowest BCUT2D eigenvalue weighted by Gasteiger charge is -2.05. The molecular formula is C21H17NO2S. The summed E-state index contributed by atoms with van der Waals surface area (Å²) >= 11 is 1.55. The summed E-state index contributed by atoms with van der Waals surface area (Å²) in [7, 11) is 0. The third kappa shape index (κ3) is 4.99. The maximum absolute atomic E-state index is 12.3. The largest absolute Gasteiger partial charge is 0.326 e. The maximum atomic E-state index is 12.3. The molecule has 3 rings (SSSR count). The van der Waals surface area contributed by atoms with Crippen LogP contribution in [0.15, 0.2) is 78.2 Å². The van der Waals surface area contributed by atoms with Gasteiger partial charge in [-0.25, -0.2) is 0 Å². The maximum Gasteiger partial charge on any atom is 0.229 e. The Bertz CT molecular complexity index is 883. The third-order valence-corrected chi connectivity index (χ3v) is 4.45. The zero-order chi connectivity index (χ0) is 17.5. The highest BCUT2D eigenvalue weighted by atomic mass is 32.1. The summed E-state index contributed by atoms with van der Waals surface area (Å²) in [4.78, 5) is 25.4. The quantitative estimate of drug-likeness (QED) is 0.513. The van der Waals surface area contributed by atoms with Gasteiger partial charge in [-0.1, -0.05) is 54.6 Å². The molecule has 1 heterocycles. The third-order valence-electron chi connectivity index (χ3n) is 3.57. The van der Waals surface area contributed by atoms with Crippen LogP contribution < -0.4 is 5.32 Å². The summed E-state index contributed by atoms with van der Waals surface area (Å²) in [6.07, 6.45) is 3.66. The van der Waals surface area contributed by atoms with Gasteiger partial charge in [-0.3, -0.25) is 9.59 Å². The number of anilines is 1. The second-order valence-corrected chi connectivity index (χ2v) is 6.53. The van der Waals surface area contributed by atoms with Crippen LogP contribution in [0.1, 0.15) is 20.8 Å². The van der Waals surface area contributed by atoms with Gasteiger partial charge in [0.05, 0.1) is 6.42 Å². The lowest BCUT2D eigenvalue weighted by Crippen LogP contribution is -2.14. The van der Waals surface area contributed by atoms with Gasteiger partial charge >= 0.3 is 0 Å². The molecule has 0 bridgehead atoms. The van der Waals surface area contributed by atoms with Crippen molar-refractivity contribution in [2.24, 2.45) is 0 Å². The van der Waals surface area contributed by atoms with Crippen molar-refractivity contribution in [3.05, 3.63) is 94.2 Å². The molecular weight excluding hydrogens is 330 g/mol. The van der Waals surface area contributed by atoms with E-state index in [1.54, 1.807) is 47.8 Å². The number of rotatable bonds is 6. The second kappa shape index (κ2) is 8.22. The predicted molar refractivity (Wildman–Crippen MR) is 103 cm³/mol. The van der Waals surface area contributed by atoms with Crippen LogP contribution in [-0.2, 0) is 11.2 Å². The molecule has 0 aliphatic heterocycles. The summed E-state index contributed by atoms with van der Waals surface area (Å²) in [6, 6.07) is 20.5. The van der Waals surface area contributed by atoms with Gasteiger partial charge in [0.2, 0.25) is 5.91 Å². The van der Waals surface area contributed by atoms with Gasteiger partial charge in [-0.2, -0.15) is 0 Å². The number of thiophene rings is 1. The highest BCUT2D eigenvalue weighted by Crippen LogP contribution is 2.14. The van der Waals surface area contributed by atoms with Crippen molar-refractivity contribution in [3.8, 4) is 0 Å². The van der Waals surface area contributed by atoms with Gasteiger partial charge in [0.25, 0.3) is 0 Å². The van der Waals surface area contributed by atoms with Crippen molar-refractivity contribution < 1.29 is 9.59 Å². The van der Waals surface area contributed by atoms with Gasteiger partial charge < -0.3 is 5.32 Å². The van der Waals surface area contributed by atoms with E-state index in [9.17, 15) is 9.59 Å². The van der Waals surface area contributed by atoms with Gasteiger partial charge in [-0.05, 0) is 35.2 Å². The van der Waals surface area contributed by atoms with Crippen LogP contribution in [-0.4, -0.2) is 11.7 Å². The summed E-state index contributed by atoms with van der Waals surface area (Å²) in [5.74, 6) is -0.190. The fraction of sp³-hybridized carbons (Fsp3) is 0.0476. The van der Waals surface area contributed by atoms with Crippen LogP contribution in [0.3, 0.4) is 0 Å². The number of amides is 1. The van der Waals surface area contributed by atoms with E-state index in [0.717, 1.165) is 10.4 Å². The number of benzene rings is 2. The zero-order valence-corrected chi connectivity index (χ0v) is 14.3. The van der Waals surface area contributed by atoms with Crippen molar-refractivity contribution in [2.45, 2.75) is 6.42 Å². The first-order valence-electron chi connectivity index (χ1n) is 7.90. The molecule has 3 nitrogen and oxygen atoms in total. The zero-order valence-electron chi connectivity index (χ0n) is 13.5. The first kappa shape index (κ1) is 16.9. The topological polar surface area (TPSA) is 46.2 Å². The van der Waals surface area contributed by atoms with Crippen LogP contribution in [0.4, 0.5) is 5.69 Å². The molecule has 0 unspecified atom stereocenters. The summed E-state index contributed by atoms with van der Waals surface area (Å²) in [6.45, 7) is 0. The first-order chi connectivity index (χ1) is 12.2. The van der Waals surface area contributed by atoms with Crippen molar-refractivity contribution in [2.75, 3.05) is 5.32 Å². The smallest absolute Gasteiger partial charge is 0.229 e. The van der Waals surface area contributed by atoms with Crippen molar-refractivity contribution in [1.82, 2.24) is 0 Å². The lowest BCUT2D eigenvalue weighted by molar-refractivity contribution is -0.115. The minimum atomic E-state index is -0.0989. The van der Waals surface area contributed by atoms with E-state index in [1.165, 1.54) is 0 Å². The first-order valence-corrected chi connectivity index (χ1v) is 8.78. The summed E-state index contributed by atoms with van der Waals surface area (Å²) in [5, 5.41) is 4.79. The average Bonchev–Trinajstić information content (AvgIpc) is 3.13. The molecule has 0 saturated heterocycles. The van der Waals surface area contributed by atoms with Gasteiger partial charge in [0.15, 0.2) is 5.78 Å². The number of ketones is 1. The van der Waals surface area contributed by atoms with Crippen molar-refractivity contribution >= 4 is 34.8 Å². The number of allylic oxidation sites excluding steroid dienone is 1. The molecule has 0 radical (unpaired) electrons. The van der Waals surface area contributed by atoms with E-state index in [4.69, 9.17) is 0 Å². The highest BCUT2D eigenvalue weighted by Gasteiger charge is 2.07. The highest BCUT2D eigenvalue weighted by molar-refractivity contribution is 7.10. The molecule has 124 valence electrons. The Hall–Kier alpha value is -2.98. The van der Waals surface area contributed by atoms with Crippen LogP contribution in [0.25, 0.3) is 6.08 Å². The van der Waals surface area contributed by atoms with Crippen LogP contribution in [0, 0.1) is 0 Å². The molecule has 1 amide bonds.